The molecule has 0 heterocycles. The van der Waals surface area contributed by atoms with Gasteiger partial charge in [0.05, 0.1) is 19.3 Å². The zero-order valence-electron chi connectivity index (χ0n) is 13.9. The van der Waals surface area contributed by atoms with Crippen LogP contribution in [0.4, 0.5) is 0 Å². The number of esters is 1. The van der Waals surface area contributed by atoms with Gasteiger partial charge in [-0.3, -0.25) is 0 Å². The lowest BCUT2D eigenvalue weighted by atomic mass is 9.94. The second-order valence-corrected chi connectivity index (χ2v) is 5.74. The van der Waals surface area contributed by atoms with Crippen LogP contribution in [-0.2, 0) is 4.74 Å². The average Bonchev–Trinajstić information content (AvgIpc) is 2.55. The Kier molecular flexibility index (Phi) is 3.95. The van der Waals surface area contributed by atoms with E-state index in [0.717, 1.165) is 32.9 Å². The number of ether oxygens (including phenoxy) is 2. The van der Waals surface area contributed by atoms with Gasteiger partial charge in [0.25, 0.3) is 0 Å². The van der Waals surface area contributed by atoms with E-state index in [1.54, 1.807) is 0 Å². The number of methoxy groups -OCH3 is 1. The summed E-state index contributed by atoms with van der Waals surface area (Å²) in [5, 5.41) is 4.09. The number of hydrogen-bond donors (Lipinski definition) is 0. The Labute approximate surface area is 135 Å². The largest absolute Gasteiger partial charge is 0.494 e. The van der Waals surface area contributed by atoms with Crippen molar-refractivity contribution >= 4 is 27.5 Å². The maximum Gasteiger partial charge on any atom is 0.338 e. The van der Waals surface area contributed by atoms with E-state index in [1.165, 1.54) is 12.7 Å². The third-order valence-electron chi connectivity index (χ3n) is 4.11. The quantitative estimate of drug-likeness (QED) is 0.515. The van der Waals surface area contributed by atoms with Crippen LogP contribution >= 0.6 is 0 Å². The van der Waals surface area contributed by atoms with Crippen molar-refractivity contribution in [2.75, 3.05) is 13.7 Å². The van der Waals surface area contributed by atoms with E-state index in [-0.39, 0.29) is 5.97 Å². The van der Waals surface area contributed by atoms with Gasteiger partial charge in [0.1, 0.15) is 5.75 Å². The molecule has 0 aliphatic heterocycles. The van der Waals surface area contributed by atoms with Gasteiger partial charge in [0.15, 0.2) is 0 Å². The van der Waals surface area contributed by atoms with Gasteiger partial charge in [0.2, 0.25) is 0 Å². The molecular weight excluding hydrogens is 288 g/mol. The monoisotopic (exact) mass is 308 g/mol. The summed E-state index contributed by atoms with van der Waals surface area (Å²) in [4.78, 5) is 12.2. The molecule has 3 heteroatoms. The first-order chi connectivity index (χ1) is 11.0. The standard InChI is InChI=1S/C20H20O3/c1-5-23-19-11-17-16(9-13(19)3)15-8-12(2)6-7-14(15)10-18(17)20(21)22-4/h6-11H,5H2,1-4H3. The van der Waals surface area contributed by atoms with Gasteiger partial charge in [-0.05, 0) is 60.7 Å². The normalized spacial score (nSPS) is 11.0. The average molecular weight is 308 g/mol. The minimum atomic E-state index is -0.330. The van der Waals surface area contributed by atoms with Crippen molar-refractivity contribution in [3.63, 3.8) is 0 Å². The lowest BCUT2D eigenvalue weighted by Gasteiger charge is -2.14. The molecule has 0 aliphatic rings. The number of aryl methyl sites for hydroxylation is 2. The molecule has 3 aromatic rings. The summed E-state index contributed by atoms with van der Waals surface area (Å²) in [6.45, 7) is 6.64. The maximum atomic E-state index is 12.2. The Morgan fingerprint density at radius 1 is 1.00 bits per heavy atom. The molecule has 0 amide bonds. The molecule has 118 valence electrons. The Morgan fingerprint density at radius 2 is 1.78 bits per heavy atom. The van der Waals surface area contributed by atoms with Crippen molar-refractivity contribution in [2.24, 2.45) is 0 Å². The first-order valence-corrected chi connectivity index (χ1v) is 7.74. The number of carbonyl (C=O) groups is 1. The fourth-order valence-electron chi connectivity index (χ4n) is 2.99. The Balaban J connectivity index is 2.45. The molecule has 0 saturated carbocycles. The van der Waals surface area contributed by atoms with Gasteiger partial charge in [-0.15, -0.1) is 0 Å². The third-order valence-corrected chi connectivity index (χ3v) is 4.11. The van der Waals surface area contributed by atoms with Crippen LogP contribution < -0.4 is 4.74 Å². The summed E-state index contributed by atoms with van der Waals surface area (Å²) in [5.41, 5.74) is 2.82. The van der Waals surface area contributed by atoms with Crippen molar-refractivity contribution in [2.45, 2.75) is 20.8 Å². The fraction of sp³-hybridized carbons (Fsp3) is 0.250. The van der Waals surface area contributed by atoms with Crippen LogP contribution in [0.25, 0.3) is 21.5 Å². The molecule has 0 bridgehead atoms. The summed E-state index contributed by atoms with van der Waals surface area (Å²) >= 11 is 0. The van der Waals surface area contributed by atoms with Gasteiger partial charge in [-0.1, -0.05) is 23.8 Å². The zero-order chi connectivity index (χ0) is 16.6. The van der Waals surface area contributed by atoms with Crippen LogP contribution in [0.2, 0.25) is 0 Å². The highest BCUT2D eigenvalue weighted by Crippen LogP contribution is 2.34. The van der Waals surface area contributed by atoms with Crippen LogP contribution in [-0.4, -0.2) is 19.7 Å². The zero-order valence-corrected chi connectivity index (χ0v) is 13.9. The highest BCUT2D eigenvalue weighted by atomic mass is 16.5. The number of carbonyl (C=O) groups excluding carboxylic acids is 1. The van der Waals surface area contributed by atoms with Crippen molar-refractivity contribution in [3.8, 4) is 5.75 Å². The van der Waals surface area contributed by atoms with E-state index in [0.29, 0.717) is 12.2 Å². The number of hydrogen-bond acceptors (Lipinski definition) is 3. The maximum absolute atomic E-state index is 12.2. The fourth-order valence-corrected chi connectivity index (χ4v) is 2.99. The smallest absolute Gasteiger partial charge is 0.338 e. The predicted octanol–water partition coefficient (Wildman–Crippen LogP) is 4.80. The van der Waals surface area contributed by atoms with E-state index < -0.39 is 0 Å². The molecule has 3 aromatic carbocycles. The molecule has 0 radical (unpaired) electrons. The molecule has 0 N–H and O–H groups in total. The van der Waals surface area contributed by atoms with Crippen molar-refractivity contribution < 1.29 is 14.3 Å². The van der Waals surface area contributed by atoms with E-state index in [1.807, 2.05) is 32.0 Å². The van der Waals surface area contributed by atoms with Crippen LogP contribution in [0.15, 0.2) is 36.4 Å². The van der Waals surface area contributed by atoms with Crippen molar-refractivity contribution in [1.82, 2.24) is 0 Å². The van der Waals surface area contributed by atoms with Crippen LogP contribution in [0.3, 0.4) is 0 Å². The van der Waals surface area contributed by atoms with Gasteiger partial charge in [0, 0.05) is 5.39 Å². The van der Waals surface area contributed by atoms with E-state index >= 15 is 0 Å². The molecule has 0 aliphatic carbocycles. The number of benzene rings is 3. The molecule has 23 heavy (non-hydrogen) atoms. The first kappa shape index (κ1) is 15.3. The van der Waals surface area contributed by atoms with Crippen LogP contribution in [0, 0.1) is 13.8 Å². The number of rotatable bonds is 3. The molecule has 0 fully saturated rings. The first-order valence-electron chi connectivity index (χ1n) is 7.74. The topological polar surface area (TPSA) is 35.5 Å². The minimum Gasteiger partial charge on any atom is -0.494 e. The van der Waals surface area contributed by atoms with Gasteiger partial charge in [-0.25, -0.2) is 4.79 Å². The van der Waals surface area contributed by atoms with Gasteiger partial charge in [-0.2, -0.15) is 0 Å². The Morgan fingerprint density at radius 3 is 2.48 bits per heavy atom. The molecule has 0 saturated heterocycles. The molecule has 3 rings (SSSR count). The third kappa shape index (κ3) is 2.63. The highest BCUT2D eigenvalue weighted by molar-refractivity contribution is 6.16. The lowest BCUT2D eigenvalue weighted by Crippen LogP contribution is -2.03. The second-order valence-electron chi connectivity index (χ2n) is 5.74. The van der Waals surface area contributed by atoms with E-state index in [2.05, 4.69) is 25.1 Å². The van der Waals surface area contributed by atoms with Crippen molar-refractivity contribution in [1.29, 1.82) is 0 Å². The highest BCUT2D eigenvalue weighted by Gasteiger charge is 2.15. The Bertz CT molecular complexity index is 910. The summed E-state index contributed by atoms with van der Waals surface area (Å²) in [7, 11) is 1.41. The summed E-state index contributed by atoms with van der Waals surface area (Å²) in [5.74, 6) is 0.473. The van der Waals surface area contributed by atoms with Crippen LogP contribution in [0.5, 0.6) is 5.75 Å². The predicted molar refractivity (Wildman–Crippen MR) is 93.4 cm³/mol. The second kappa shape index (κ2) is 5.92. The Hall–Kier alpha value is -2.55. The molecule has 0 unspecified atom stereocenters. The van der Waals surface area contributed by atoms with E-state index in [9.17, 15) is 4.79 Å². The van der Waals surface area contributed by atoms with Gasteiger partial charge >= 0.3 is 5.97 Å². The van der Waals surface area contributed by atoms with Gasteiger partial charge < -0.3 is 9.47 Å². The number of fused-ring (bicyclic) bond motifs is 3. The summed E-state index contributed by atoms with van der Waals surface area (Å²) in [6, 6.07) is 12.2. The van der Waals surface area contributed by atoms with E-state index in [4.69, 9.17) is 9.47 Å². The molecular formula is C20H20O3. The molecule has 0 spiro atoms. The van der Waals surface area contributed by atoms with Crippen molar-refractivity contribution in [3.05, 3.63) is 53.1 Å². The summed E-state index contributed by atoms with van der Waals surface area (Å²) in [6.07, 6.45) is 0. The molecule has 0 aromatic heterocycles. The molecule has 0 atom stereocenters. The van der Waals surface area contributed by atoms with Crippen LogP contribution in [0.1, 0.15) is 28.4 Å². The minimum absolute atomic E-state index is 0.330. The molecule has 3 nitrogen and oxygen atoms in total. The summed E-state index contributed by atoms with van der Waals surface area (Å²) < 4.78 is 10.7. The SMILES string of the molecule is CCOc1cc2c(C(=O)OC)cc3ccc(C)cc3c2cc1C. The lowest BCUT2D eigenvalue weighted by molar-refractivity contribution is 0.0603.